The number of aromatic nitrogens is 1. The highest BCUT2D eigenvalue weighted by atomic mass is 35.5. The molecule has 0 atom stereocenters. The van der Waals surface area contributed by atoms with Crippen LogP contribution in [0.15, 0.2) is 70.5 Å². The Balaban J connectivity index is 1.85. The molecular weight excluding hydrogens is 448 g/mol. The van der Waals surface area contributed by atoms with Gasteiger partial charge in [0.1, 0.15) is 0 Å². The monoisotopic (exact) mass is 472 g/mol. The number of halogens is 1. The van der Waals surface area contributed by atoms with E-state index in [1.165, 1.54) is 22.6 Å². The van der Waals surface area contributed by atoms with Crippen LogP contribution in [-0.2, 0) is 16.6 Å². The standard InChI is InChI=1S/C24H25ClN2O4S/c1-4-27(5-2)32(30,31)21-11-13-24(29)26(15-21)16-23(28)19-8-6-18(7-9-19)22-12-10-20(25)14-17(22)3/h6-15H,4-5,16H2,1-3H3. The lowest BCUT2D eigenvalue weighted by Gasteiger charge is -2.19. The van der Waals surface area contributed by atoms with Crippen molar-refractivity contribution in [1.82, 2.24) is 8.87 Å². The summed E-state index contributed by atoms with van der Waals surface area (Å²) in [4.78, 5) is 25.1. The highest BCUT2D eigenvalue weighted by Gasteiger charge is 2.22. The number of benzene rings is 2. The van der Waals surface area contributed by atoms with Crippen molar-refractivity contribution in [2.45, 2.75) is 32.2 Å². The normalized spacial score (nSPS) is 11.7. The minimum absolute atomic E-state index is 0.0119. The summed E-state index contributed by atoms with van der Waals surface area (Å²) in [5.41, 5.74) is 2.98. The minimum Gasteiger partial charge on any atom is -0.306 e. The van der Waals surface area contributed by atoms with Crippen LogP contribution >= 0.6 is 11.6 Å². The van der Waals surface area contributed by atoms with E-state index in [2.05, 4.69) is 0 Å². The highest BCUT2D eigenvalue weighted by Crippen LogP contribution is 2.26. The third kappa shape index (κ3) is 5.01. The summed E-state index contributed by atoms with van der Waals surface area (Å²) >= 11 is 6.02. The molecule has 1 heterocycles. The quantitative estimate of drug-likeness (QED) is 0.455. The smallest absolute Gasteiger partial charge is 0.251 e. The van der Waals surface area contributed by atoms with Crippen LogP contribution in [0.25, 0.3) is 11.1 Å². The number of Topliss-reactive ketones (excluding diaryl/α,β-unsaturated/α-hetero) is 1. The molecule has 0 amide bonds. The van der Waals surface area contributed by atoms with Gasteiger partial charge >= 0.3 is 0 Å². The van der Waals surface area contributed by atoms with Gasteiger partial charge in [0.05, 0.1) is 11.4 Å². The number of sulfonamides is 1. The van der Waals surface area contributed by atoms with Crippen LogP contribution in [0.1, 0.15) is 29.8 Å². The molecule has 0 spiro atoms. The van der Waals surface area contributed by atoms with Crippen molar-refractivity contribution in [2.24, 2.45) is 0 Å². The second kappa shape index (κ2) is 9.81. The Morgan fingerprint density at radius 1 is 1.00 bits per heavy atom. The van der Waals surface area contributed by atoms with Crippen molar-refractivity contribution in [2.75, 3.05) is 13.1 Å². The minimum atomic E-state index is -3.73. The molecule has 6 nitrogen and oxygen atoms in total. The third-order valence-electron chi connectivity index (χ3n) is 5.32. The van der Waals surface area contributed by atoms with Crippen LogP contribution in [0.2, 0.25) is 5.02 Å². The van der Waals surface area contributed by atoms with Crippen LogP contribution in [0, 0.1) is 6.92 Å². The molecule has 3 rings (SSSR count). The van der Waals surface area contributed by atoms with E-state index in [4.69, 9.17) is 11.6 Å². The summed E-state index contributed by atoms with van der Waals surface area (Å²) in [5, 5.41) is 0.661. The first-order chi connectivity index (χ1) is 15.2. The van der Waals surface area contributed by atoms with Crippen molar-refractivity contribution in [3.8, 4) is 11.1 Å². The first-order valence-corrected chi connectivity index (χ1v) is 12.1. The average Bonchev–Trinajstić information content (AvgIpc) is 2.76. The number of ketones is 1. The van der Waals surface area contributed by atoms with Crippen LogP contribution < -0.4 is 5.56 Å². The summed E-state index contributed by atoms with van der Waals surface area (Å²) in [6.45, 7) is 5.84. The Morgan fingerprint density at radius 2 is 1.66 bits per heavy atom. The van der Waals surface area contributed by atoms with Gasteiger partial charge in [0.25, 0.3) is 5.56 Å². The molecule has 0 radical (unpaired) electrons. The zero-order chi connectivity index (χ0) is 23.5. The summed E-state index contributed by atoms with van der Waals surface area (Å²) in [7, 11) is -3.73. The summed E-state index contributed by atoms with van der Waals surface area (Å²) in [6.07, 6.45) is 1.24. The summed E-state index contributed by atoms with van der Waals surface area (Å²) in [6, 6.07) is 15.2. The first kappa shape index (κ1) is 23.9. The van der Waals surface area contributed by atoms with E-state index in [0.29, 0.717) is 23.7 Å². The van der Waals surface area contributed by atoms with Gasteiger partial charge in [-0.25, -0.2) is 8.42 Å². The van der Waals surface area contributed by atoms with E-state index in [1.807, 2.05) is 37.3 Å². The average molecular weight is 473 g/mol. The van der Waals surface area contributed by atoms with Crippen LogP contribution in [0.3, 0.4) is 0 Å². The number of rotatable bonds is 8. The Bertz CT molecular complexity index is 1290. The molecule has 168 valence electrons. The van der Waals surface area contributed by atoms with Gasteiger partial charge in [-0.2, -0.15) is 4.31 Å². The Kier molecular flexibility index (Phi) is 7.33. The maximum atomic E-state index is 12.8. The van der Waals surface area contributed by atoms with Crippen LogP contribution in [0.4, 0.5) is 0 Å². The molecule has 0 N–H and O–H groups in total. The zero-order valence-electron chi connectivity index (χ0n) is 18.2. The van der Waals surface area contributed by atoms with E-state index in [-0.39, 0.29) is 17.2 Å². The molecule has 0 bridgehead atoms. The maximum absolute atomic E-state index is 12.8. The van der Waals surface area contributed by atoms with E-state index < -0.39 is 15.6 Å². The lowest BCUT2D eigenvalue weighted by molar-refractivity contribution is 0.0970. The van der Waals surface area contributed by atoms with Crippen molar-refractivity contribution in [3.05, 3.63) is 87.3 Å². The van der Waals surface area contributed by atoms with Crippen molar-refractivity contribution < 1.29 is 13.2 Å². The Morgan fingerprint density at radius 3 is 2.25 bits per heavy atom. The van der Waals surface area contributed by atoms with Gasteiger partial charge in [-0.1, -0.05) is 55.8 Å². The number of hydrogen-bond acceptors (Lipinski definition) is 4. The molecule has 0 aliphatic heterocycles. The first-order valence-electron chi connectivity index (χ1n) is 10.3. The van der Waals surface area contributed by atoms with E-state index in [0.717, 1.165) is 21.3 Å². The molecule has 1 aromatic heterocycles. The maximum Gasteiger partial charge on any atom is 0.251 e. The van der Waals surface area contributed by atoms with Crippen LogP contribution in [0.5, 0.6) is 0 Å². The largest absolute Gasteiger partial charge is 0.306 e. The number of nitrogens with zero attached hydrogens (tertiary/aromatic N) is 2. The summed E-state index contributed by atoms with van der Waals surface area (Å²) in [5.74, 6) is -0.288. The molecule has 32 heavy (non-hydrogen) atoms. The molecule has 0 aliphatic carbocycles. The van der Waals surface area contributed by atoms with Gasteiger partial charge in [-0.15, -0.1) is 0 Å². The fourth-order valence-corrected chi connectivity index (χ4v) is 5.24. The van der Waals surface area contributed by atoms with Crippen LogP contribution in [-0.4, -0.2) is 36.2 Å². The number of pyridine rings is 1. The predicted octanol–water partition coefficient (Wildman–Crippen LogP) is 4.39. The van der Waals surface area contributed by atoms with Gasteiger partial charge in [0, 0.05) is 35.9 Å². The number of carbonyl (C=O) groups excluding carboxylic acids is 1. The van der Waals surface area contributed by atoms with Gasteiger partial charge in [-0.3, -0.25) is 9.59 Å². The van der Waals surface area contributed by atoms with E-state index in [1.54, 1.807) is 26.0 Å². The summed E-state index contributed by atoms with van der Waals surface area (Å²) < 4.78 is 27.9. The van der Waals surface area contributed by atoms with Gasteiger partial charge in [-0.05, 0) is 41.8 Å². The second-order valence-electron chi connectivity index (χ2n) is 7.38. The molecule has 2 aromatic carbocycles. The molecule has 8 heteroatoms. The zero-order valence-corrected chi connectivity index (χ0v) is 19.8. The number of hydrogen-bond donors (Lipinski definition) is 0. The van der Waals surface area contributed by atoms with Gasteiger partial charge in [0.15, 0.2) is 5.78 Å². The fourth-order valence-electron chi connectivity index (χ4n) is 3.53. The SMILES string of the molecule is CCN(CC)S(=O)(=O)c1ccc(=O)n(CC(=O)c2ccc(-c3ccc(Cl)cc3C)cc2)c1. The van der Waals surface area contributed by atoms with Crippen molar-refractivity contribution in [1.29, 1.82) is 0 Å². The molecule has 0 fully saturated rings. The Labute approximate surface area is 193 Å². The molecule has 0 aliphatic rings. The van der Waals surface area contributed by atoms with Gasteiger partial charge in [0.2, 0.25) is 10.0 Å². The molecular formula is C24H25ClN2O4S. The number of aryl methyl sites for hydroxylation is 1. The highest BCUT2D eigenvalue weighted by molar-refractivity contribution is 7.89. The Hall–Kier alpha value is -2.74. The number of carbonyl (C=O) groups is 1. The van der Waals surface area contributed by atoms with Crippen molar-refractivity contribution >= 4 is 27.4 Å². The molecule has 0 unspecified atom stereocenters. The van der Waals surface area contributed by atoms with E-state index in [9.17, 15) is 18.0 Å². The lowest BCUT2D eigenvalue weighted by Crippen LogP contribution is -2.32. The molecule has 3 aromatic rings. The molecule has 0 saturated carbocycles. The third-order valence-corrected chi connectivity index (χ3v) is 7.59. The second-order valence-corrected chi connectivity index (χ2v) is 9.75. The molecule has 0 saturated heterocycles. The predicted molar refractivity (Wildman–Crippen MR) is 127 cm³/mol. The fraction of sp³-hybridized carbons (Fsp3) is 0.250. The van der Waals surface area contributed by atoms with E-state index >= 15 is 0 Å². The topological polar surface area (TPSA) is 76.5 Å². The van der Waals surface area contributed by atoms with Crippen molar-refractivity contribution in [3.63, 3.8) is 0 Å². The lowest BCUT2D eigenvalue weighted by atomic mass is 9.99. The van der Waals surface area contributed by atoms with Gasteiger partial charge < -0.3 is 4.57 Å².